The second kappa shape index (κ2) is 9.01. The van der Waals surface area contributed by atoms with Crippen molar-refractivity contribution < 1.29 is 9.13 Å². The maximum Gasteiger partial charge on any atom is 0.272 e. The third-order valence-corrected chi connectivity index (χ3v) is 7.11. The van der Waals surface area contributed by atoms with E-state index in [1.807, 2.05) is 11.0 Å². The number of anilines is 1. The molecule has 3 N–H and O–H groups in total. The molecule has 10 heteroatoms. The number of aryl methyl sites for hydroxylation is 1. The summed E-state index contributed by atoms with van der Waals surface area (Å²) >= 11 is 0. The second-order valence-corrected chi connectivity index (χ2v) is 9.55. The number of rotatable bonds is 6. The highest BCUT2D eigenvalue weighted by Crippen LogP contribution is 2.49. The molecule has 2 fully saturated rings. The average molecular weight is 500 g/mol. The lowest BCUT2D eigenvalue weighted by atomic mass is 9.96. The van der Waals surface area contributed by atoms with Gasteiger partial charge in [-0.3, -0.25) is 9.48 Å². The van der Waals surface area contributed by atoms with Gasteiger partial charge in [0.1, 0.15) is 11.6 Å². The number of nitrogens with one attached hydrogen (secondary N) is 1. The number of aromatic nitrogens is 4. The lowest BCUT2D eigenvalue weighted by Gasteiger charge is -2.23. The molecule has 0 amide bonds. The first kappa shape index (κ1) is 23.2. The van der Waals surface area contributed by atoms with Crippen molar-refractivity contribution in [1.29, 1.82) is 0 Å². The Morgan fingerprint density at radius 2 is 2.03 bits per heavy atom. The molecule has 188 valence electrons. The summed E-state index contributed by atoms with van der Waals surface area (Å²) in [4.78, 5) is 18.1. The van der Waals surface area contributed by atoms with E-state index in [0.717, 1.165) is 38.8 Å². The topological polar surface area (TPSA) is 106 Å². The van der Waals surface area contributed by atoms with Crippen molar-refractivity contribution in [2.24, 2.45) is 12.8 Å². The van der Waals surface area contributed by atoms with Gasteiger partial charge in [-0.1, -0.05) is 6.07 Å². The Labute approximate surface area is 212 Å². The summed E-state index contributed by atoms with van der Waals surface area (Å²) in [6, 6.07) is 7.00. The van der Waals surface area contributed by atoms with Crippen LogP contribution in [-0.4, -0.2) is 39.2 Å². The summed E-state index contributed by atoms with van der Waals surface area (Å²) in [6.07, 6.45) is 5.53. The van der Waals surface area contributed by atoms with Gasteiger partial charge in [-0.15, -0.1) is 0 Å². The van der Waals surface area contributed by atoms with Gasteiger partial charge in [0.05, 0.1) is 41.3 Å². The van der Waals surface area contributed by atoms with Crippen LogP contribution in [0.1, 0.15) is 31.4 Å². The number of nitrogens with two attached hydrogens (primary N) is 1. The van der Waals surface area contributed by atoms with Crippen LogP contribution < -0.4 is 20.9 Å². The number of benzene rings is 2. The fourth-order valence-corrected chi connectivity index (χ4v) is 5.07. The van der Waals surface area contributed by atoms with Gasteiger partial charge < -0.3 is 15.4 Å². The quantitative estimate of drug-likeness (QED) is 0.384. The molecule has 1 saturated carbocycles. The molecule has 4 aromatic rings. The standard InChI is InChI=1S/C27H26FN7O2/c1-30-25-22(37-16-6-7-16)12-21(35-9-3-4-10-35)24(28)23(25)26-19(14-31-34(26)2)15-5-8-17-18(11-15)20(13-29)32-33-27(17)36/h5,8,11-12,14,16H,3-4,6-7,9-10,13,29H2,2H3,(H,33,36). The zero-order chi connectivity index (χ0) is 25.7. The van der Waals surface area contributed by atoms with E-state index in [4.69, 9.17) is 17.0 Å². The number of hydrogen-bond acceptors (Lipinski definition) is 6. The van der Waals surface area contributed by atoms with Gasteiger partial charge in [0, 0.05) is 43.2 Å². The number of H-pyrrole nitrogens is 1. The number of ether oxygens (including phenoxy) is 1. The second-order valence-electron chi connectivity index (χ2n) is 9.55. The molecular weight excluding hydrogens is 473 g/mol. The van der Waals surface area contributed by atoms with Crippen LogP contribution in [0, 0.1) is 12.4 Å². The molecule has 0 atom stereocenters. The largest absolute Gasteiger partial charge is 0.501 e. The van der Waals surface area contributed by atoms with Crippen LogP contribution in [0.15, 0.2) is 35.3 Å². The SMILES string of the molecule is [C-]#[N+]c1c(OC2CC2)cc(N2CCCC2)c(F)c1-c1c(-c2ccc3c(=O)[nH]nc(CN)c3c2)cnn1C. The molecule has 2 aromatic heterocycles. The number of halogens is 1. The Hall–Kier alpha value is -4.23. The van der Waals surface area contributed by atoms with E-state index in [9.17, 15) is 4.79 Å². The molecule has 0 bridgehead atoms. The summed E-state index contributed by atoms with van der Waals surface area (Å²) in [7, 11) is 1.73. The van der Waals surface area contributed by atoms with Gasteiger partial charge in [0.15, 0.2) is 0 Å². The van der Waals surface area contributed by atoms with Gasteiger partial charge >= 0.3 is 0 Å². The molecule has 9 nitrogen and oxygen atoms in total. The van der Waals surface area contributed by atoms with Gasteiger partial charge in [-0.25, -0.2) is 14.3 Å². The molecule has 0 spiro atoms. The summed E-state index contributed by atoms with van der Waals surface area (Å²) in [6.45, 7) is 9.63. The van der Waals surface area contributed by atoms with Crippen molar-refractivity contribution in [2.45, 2.75) is 38.3 Å². The number of hydrogen-bond donors (Lipinski definition) is 2. The maximum absolute atomic E-state index is 16.4. The van der Waals surface area contributed by atoms with Crippen molar-refractivity contribution in [3.05, 3.63) is 63.7 Å². The van der Waals surface area contributed by atoms with Crippen LogP contribution in [0.3, 0.4) is 0 Å². The summed E-state index contributed by atoms with van der Waals surface area (Å²) in [5.41, 5.74) is 8.68. The van der Waals surface area contributed by atoms with Crippen molar-refractivity contribution in [3.63, 3.8) is 0 Å². The number of fused-ring (bicyclic) bond motifs is 1. The minimum absolute atomic E-state index is 0.0528. The highest BCUT2D eigenvalue weighted by Gasteiger charge is 2.32. The van der Waals surface area contributed by atoms with Crippen molar-refractivity contribution in [1.82, 2.24) is 20.0 Å². The minimum atomic E-state index is -0.456. The summed E-state index contributed by atoms with van der Waals surface area (Å²) in [5, 5.41) is 12.1. The molecule has 1 aliphatic carbocycles. The van der Waals surface area contributed by atoms with E-state index in [1.54, 1.807) is 36.1 Å². The van der Waals surface area contributed by atoms with E-state index >= 15 is 4.39 Å². The lowest BCUT2D eigenvalue weighted by Crippen LogP contribution is -2.19. The van der Waals surface area contributed by atoms with E-state index in [0.29, 0.717) is 44.7 Å². The Kier molecular flexibility index (Phi) is 5.65. The van der Waals surface area contributed by atoms with Crippen molar-refractivity contribution in [3.8, 4) is 28.1 Å². The maximum atomic E-state index is 16.4. The van der Waals surface area contributed by atoms with Crippen molar-refractivity contribution in [2.75, 3.05) is 18.0 Å². The van der Waals surface area contributed by atoms with E-state index in [-0.39, 0.29) is 29.5 Å². The number of nitrogens with zero attached hydrogens (tertiary/aromatic N) is 5. The van der Waals surface area contributed by atoms with Gasteiger partial charge in [0.2, 0.25) is 5.69 Å². The lowest BCUT2D eigenvalue weighted by molar-refractivity contribution is 0.305. The first-order valence-electron chi connectivity index (χ1n) is 12.4. The third-order valence-electron chi connectivity index (χ3n) is 7.11. The Balaban J connectivity index is 1.60. The summed E-state index contributed by atoms with van der Waals surface area (Å²) in [5.74, 6) is -0.0509. The third kappa shape index (κ3) is 3.92. The van der Waals surface area contributed by atoms with Crippen LogP contribution in [-0.2, 0) is 13.6 Å². The predicted octanol–water partition coefficient (Wildman–Crippen LogP) is 4.28. The molecule has 3 heterocycles. The molecule has 1 aliphatic heterocycles. The van der Waals surface area contributed by atoms with Crippen LogP contribution in [0.2, 0.25) is 0 Å². The van der Waals surface area contributed by atoms with Crippen LogP contribution in [0.25, 0.3) is 38.0 Å². The predicted molar refractivity (Wildman–Crippen MR) is 139 cm³/mol. The minimum Gasteiger partial charge on any atom is -0.501 e. The molecule has 2 aliphatic rings. The fourth-order valence-electron chi connectivity index (χ4n) is 5.07. The van der Waals surface area contributed by atoms with E-state index in [2.05, 4.69) is 20.1 Å². The molecule has 0 radical (unpaired) electrons. The molecule has 37 heavy (non-hydrogen) atoms. The molecule has 2 aromatic carbocycles. The number of aromatic amines is 1. The Morgan fingerprint density at radius 3 is 2.73 bits per heavy atom. The molecule has 1 saturated heterocycles. The van der Waals surface area contributed by atoms with Crippen LogP contribution >= 0.6 is 0 Å². The summed E-state index contributed by atoms with van der Waals surface area (Å²) < 4.78 is 24.1. The molecular formula is C27H26FN7O2. The highest BCUT2D eigenvalue weighted by molar-refractivity contribution is 5.95. The fraction of sp³-hybridized carbons (Fsp3) is 0.333. The average Bonchev–Trinajstić information content (AvgIpc) is 3.39. The van der Waals surface area contributed by atoms with Gasteiger partial charge in [0.25, 0.3) is 5.56 Å². The molecule has 0 unspecified atom stereocenters. The van der Waals surface area contributed by atoms with Crippen molar-refractivity contribution >= 4 is 22.1 Å². The Bertz CT molecular complexity index is 1620. The van der Waals surface area contributed by atoms with Crippen LogP contribution in [0.4, 0.5) is 15.8 Å². The Morgan fingerprint density at radius 1 is 1.24 bits per heavy atom. The first-order valence-corrected chi connectivity index (χ1v) is 12.4. The zero-order valence-electron chi connectivity index (χ0n) is 20.4. The zero-order valence-corrected chi connectivity index (χ0v) is 20.4. The van der Waals surface area contributed by atoms with Crippen LogP contribution in [0.5, 0.6) is 5.75 Å². The van der Waals surface area contributed by atoms with Gasteiger partial charge in [-0.05, 0) is 49.4 Å². The monoisotopic (exact) mass is 499 g/mol. The van der Waals surface area contributed by atoms with E-state index < -0.39 is 5.82 Å². The van der Waals surface area contributed by atoms with E-state index in [1.165, 1.54) is 0 Å². The molecule has 6 rings (SSSR count). The smallest absolute Gasteiger partial charge is 0.272 e. The first-order chi connectivity index (χ1) is 18.0. The highest BCUT2D eigenvalue weighted by atomic mass is 19.1. The normalized spacial score (nSPS) is 15.4. The van der Waals surface area contributed by atoms with Gasteiger partial charge in [-0.2, -0.15) is 10.2 Å².